The van der Waals surface area contributed by atoms with Crippen molar-refractivity contribution in [3.8, 4) is 0 Å². The number of nitrogens with one attached hydrogen (secondary N) is 1. The van der Waals surface area contributed by atoms with E-state index in [-0.39, 0.29) is 51.2 Å². The molecule has 0 aromatic heterocycles. The van der Waals surface area contributed by atoms with E-state index < -0.39 is 106 Å². The van der Waals surface area contributed by atoms with Gasteiger partial charge in [0.05, 0.1) is 72.7 Å². The fourth-order valence-electron chi connectivity index (χ4n) is 3.57. The van der Waals surface area contributed by atoms with E-state index in [9.17, 15) is 61.5 Å². The molecule has 0 aliphatic heterocycles. The van der Waals surface area contributed by atoms with Crippen LogP contribution in [0.4, 0.5) is 0 Å². The third-order valence-electron chi connectivity index (χ3n) is 6.19. The minimum atomic E-state index is -4.88. The summed E-state index contributed by atoms with van der Waals surface area (Å²) in [7, 11) is -27.9. The van der Waals surface area contributed by atoms with Gasteiger partial charge in [-0.3, -0.25) is 27.6 Å². The van der Waals surface area contributed by atoms with Crippen LogP contribution in [0, 0.1) is 0 Å². The Kier molecular flexibility index (Phi) is 32.5. The average Bonchev–Trinajstić information content (AvgIpc) is 3.10. The smallest absolute Gasteiger partial charge is 0.267 e. The summed E-state index contributed by atoms with van der Waals surface area (Å²) in [5.41, 5.74) is 0. The van der Waals surface area contributed by atoms with Gasteiger partial charge < -0.3 is 89.0 Å². The predicted molar refractivity (Wildman–Crippen MR) is 195 cm³/mol. The molecule has 0 aromatic rings. The second-order valence-electron chi connectivity index (χ2n) is 11.4. The van der Waals surface area contributed by atoms with Gasteiger partial charge in [0.25, 0.3) is 39.1 Å². The molecule has 6 unspecified atom stereocenters. The number of unbranched alkanes of at least 4 members (excludes halogenated alkanes) is 3. The van der Waals surface area contributed by atoms with E-state index in [0.717, 1.165) is 25.3 Å². The summed E-state index contributed by atoms with van der Waals surface area (Å²) in [5, 5.41) is 2.80. The first kappa shape index (κ1) is 58.5. The number of carbonyl (C=O) groups excluding carboxylic acids is 1. The van der Waals surface area contributed by atoms with Gasteiger partial charge >= 0.3 is 0 Å². The number of phosphoric ester groups is 5. The van der Waals surface area contributed by atoms with Crippen molar-refractivity contribution in [1.29, 1.82) is 0 Å². The molecule has 0 saturated heterocycles. The van der Waals surface area contributed by atoms with Gasteiger partial charge in [0.15, 0.2) is 0 Å². The lowest BCUT2D eigenvalue weighted by molar-refractivity contribution is -0.229. The Morgan fingerprint density at radius 1 is 0.431 bits per heavy atom. The van der Waals surface area contributed by atoms with Crippen LogP contribution in [0.5, 0.6) is 0 Å². The molecule has 0 fully saturated rings. The maximum atomic E-state index is 11.8. The van der Waals surface area contributed by atoms with E-state index >= 15 is 0 Å². The Balaban J connectivity index is 3.93. The number of amides is 1. The van der Waals surface area contributed by atoms with Crippen LogP contribution in [0.2, 0.25) is 0 Å². The second kappa shape index (κ2) is 32.2. The van der Waals surface area contributed by atoms with Crippen molar-refractivity contribution in [3.05, 3.63) is 0 Å². The van der Waals surface area contributed by atoms with Gasteiger partial charge in [0.2, 0.25) is 5.91 Å². The molecule has 0 bridgehead atoms. The number of rotatable bonds is 41. The predicted octanol–water partition coefficient (Wildman–Crippen LogP) is 1.07. The molecule has 1 amide bonds. The Morgan fingerprint density at radius 3 is 0.966 bits per heavy atom. The minimum Gasteiger partial charge on any atom is -0.779 e. The molecule has 0 saturated carbocycles. The normalized spacial score (nSPS) is 18.3. The van der Waals surface area contributed by atoms with Gasteiger partial charge in [-0.1, -0.05) is 12.8 Å². The lowest BCUT2D eigenvalue weighted by atomic mass is 10.2. The summed E-state index contributed by atoms with van der Waals surface area (Å²) in [6, 6.07) is 0. The number of phosphoric acid groups is 5. The van der Waals surface area contributed by atoms with Crippen LogP contribution < -0.4 is 34.7 Å². The second-order valence-corrected chi connectivity index (χ2v) is 21.3. The molecule has 0 rings (SSSR count). The van der Waals surface area contributed by atoms with Gasteiger partial charge in [-0.2, -0.15) is 11.8 Å². The van der Waals surface area contributed by atoms with Crippen molar-refractivity contribution < 1.29 is 111 Å². The van der Waals surface area contributed by atoms with Gasteiger partial charge in [0.1, 0.15) is 7.60 Å². The fraction of sp³-hybridized carbons (Fsp3) is 0.962. The summed E-state index contributed by atoms with van der Waals surface area (Å²) >= 11 is 1.58. The van der Waals surface area contributed by atoms with E-state index in [4.69, 9.17) is 4.52 Å². The van der Waals surface area contributed by atoms with Crippen LogP contribution in [-0.4, -0.2) is 104 Å². The zero-order chi connectivity index (χ0) is 44.0. The molecular formula is C26H53NO24P6S-6. The highest BCUT2D eigenvalue weighted by molar-refractivity contribution is 7.98. The summed E-state index contributed by atoms with van der Waals surface area (Å²) in [6.45, 7) is -3.61. The molecule has 0 aliphatic carbocycles. The summed E-state index contributed by atoms with van der Waals surface area (Å²) in [5.74, 6) is 0.739. The first-order valence-corrected chi connectivity index (χ1v) is 28.4. The molecule has 0 radical (unpaired) electrons. The average molecular weight is 982 g/mol. The molecule has 0 spiro atoms. The Labute approximate surface area is 342 Å². The van der Waals surface area contributed by atoms with Gasteiger partial charge in [-0.15, -0.1) is 0 Å². The van der Waals surface area contributed by atoms with E-state index in [1.807, 2.05) is 6.26 Å². The first-order valence-electron chi connectivity index (χ1n) is 17.7. The Hall–Kier alpha value is 0.520. The molecule has 0 aliphatic rings. The molecule has 6 atom stereocenters. The Bertz CT molecular complexity index is 1410. The quantitative estimate of drug-likeness (QED) is 0.0661. The van der Waals surface area contributed by atoms with Crippen molar-refractivity contribution in [1.82, 2.24) is 5.32 Å². The molecule has 348 valence electrons. The highest BCUT2D eigenvalue weighted by Crippen LogP contribution is 2.43. The zero-order valence-electron chi connectivity index (χ0n) is 32.2. The van der Waals surface area contributed by atoms with Crippen LogP contribution in [0.15, 0.2) is 0 Å². The van der Waals surface area contributed by atoms with E-state index in [1.54, 1.807) is 11.8 Å². The highest BCUT2D eigenvalue weighted by atomic mass is 32.2. The maximum Gasteiger partial charge on any atom is 0.267 e. The summed E-state index contributed by atoms with van der Waals surface area (Å²) in [4.78, 5) is 81.3. The SMILES string of the molecule is CSCCC(=O)NCCCCCCOP(=O)([O-])OCCCOP(=O)([O-])OCCCOP(=O)([O-])OCCCOP(=O)([O-])OCCCOP(=O)([O-])OCCCOP(C)(=O)[O-]. The Morgan fingerprint density at radius 2 is 0.690 bits per heavy atom. The molecule has 58 heavy (non-hydrogen) atoms. The van der Waals surface area contributed by atoms with Gasteiger partial charge in [-0.05, 0) is 51.2 Å². The van der Waals surface area contributed by atoms with Gasteiger partial charge in [-0.25, -0.2) is 0 Å². The first-order chi connectivity index (χ1) is 27.0. The van der Waals surface area contributed by atoms with Crippen molar-refractivity contribution in [3.63, 3.8) is 0 Å². The van der Waals surface area contributed by atoms with Crippen molar-refractivity contribution >= 4 is 64.4 Å². The van der Waals surface area contributed by atoms with E-state index in [0.29, 0.717) is 25.8 Å². The van der Waals surface area contributed by atoms with Crippen LogP contribution >= 0.6 is 58.5 Å². The third-order valence-corrected chi connectivity index (χ3v) is 12.4. The van der Waals surface area contributed by atoms with Crippen LogP contribution in [0.25, 0.3) is 0 Å². The lowest BCUT2D eigenvalue weighted by Crippen LogP contribution is -2.24. The van der Waals surface area contributed by atoms with Crippen LogP contribution in [0.3, 0.4) is 0 Å². The van der Waals surface area contributed by atoms with Crippen molar-refractivity contribution in [2.75, 3.05) is 97.9 Å². The van der Waals surface area contributed by atoms with Crippen LogP contribution in [0.1, 0.15) is 64.2 Å². The summed E-state index contributed by atoms with van der Waals surface area (Å²) in [6.07, 6.45) is 4.06. The third kappa shape index (κ3) is 39.4. The maximum absolute atomic E-state index is 11.8. The van der Waals surface area contributed by atoms with E-state index in [2.05, 4.69) is 50.6 Å². The topological polar surface area (TPSA) is 371 Å². The zero-order valence-corrected chi connectivity index (χ0v) is 38.3. The fourth-order valence-corrected chi connectivity index (χ4v) is 8.32. The standard InChI is InChI=1S/C26H59NO24P6S/c1-52(29,30)41-15-7-16-43-54(33,34)45-19-9-20-47-56(37,38)49-23-11-24-51-57(39,40)50-22-10-21-48-55(35,36)46-18-8-17-44-53(31,32)42-14-6-4-3-5-13-27-26(28)12-25-58-2/h3-25H2,1-2H3,(H,27,28)(H,29,30)(H,31,32)(H,33,34)(H,35,36)(H,37,38)(H,39,40)/p-6. The molecule has 32 heteroatoms. The molecule has 1 N–H and O–H groups in total. The number of thioether (sulfide) groups is 1. The summed E-state index contributed by atoms with van der Waals surface area (Å²) < 4.78 is 120. The van der Waals surface area contributed by atoms with Crippen molar-refractivity contribution in [2.45, 2.75) is 64.2 Å². The minimum absolute atomic E-state index is 0.0123. The molecule has 25 nitrogen and oxygen atoms in total. The molecule has 0 aromatic carbocycles. The van der Waals surface area contributed by atoms with Crippen molar-refractivity contribution in [2.24, 2.45) is 0 Å². The lowest BCUT2D eigenvalue weighted by Gasteiger charge is -2.25. The highest BCUT2D eigenvalue weighted by Gasteiger charge is 2.15. The van der Waals surface area contributed by atoms with E-state index in [1.165, 1.54) is 0 Å². The van der Waals surface area contributed by atoms with Crippen LogP contribution in [-0.2, 0) is 81.9 Å². The number of hydrogen-bond donors (Lipinski definition) is 1. The van der Waals surface area contributed by atoms with Gasteiger partial charge in [0, 0.05) is 25.4 Å². The number of hydrogen-bond acceptors (Lipinski definition) is 25. The molecular weight excluding hydrogens is 928 g/mol. The number of carbonyl (C=O) groups is 1. The molecule has 0 heterocycles. The largest absolute Gasteiger partial charge is 0.779 e. The monoisotopic (exact) mass is 981 g/mol.